The van der Waals surface area contributed by atoms with E-state index < -0.39 is 0 Å². The molecule has 3 rings (SSSR count). The molecule has 0 fully saturated rings. The van der Waals surface area contributed by atoms with E-state index in [1.54, 1.807) is 30.0 Å². The second-order valence-corrected chi connectivity index (χ2v) is 5.26. The predicted molar refractivity (Wildman–Crippen MR) is 76.8 cm³/mol. The van der Waals surface area contributed by atoms with Crippen molar-refractivity contribution in [3.8, 4) is 6.07 Å². The van der Waals surface area contributed by atoms with Gasteiger partial charge in [0.05, 0.1) is 22.7 Å². The Balaban J connectivity index is 1.74. The molecule has 0 radical (unpaired) electrons. The monoisotopic (exact) mass is 283 g/mol. The van der Waals surface area contributed by atoms with Crippen LogP contribution >= 0.6 is 11.8 Å². The molecule has 5 heteroatoms. The smallest absolute Gasteiger partial charge is 0.166 e. The topological polar surface area (TPSA) is 52.5 Å². The summed E-state index contributed by atoms with van der Waals surface area (Å²) in [5.41, 5.74) is 3.22. The van der Waals surface area contributed by atoms with Gasteiger partial charge in [0.25, 0.3) is 0 Å². The number of thioether (sulfide) groups is 1. The fraction of sp³-hybridized carbons (Fsp3) is 0.0667. The molecule has 0 atom stereocenters. The lowest BCUT2D eigenvalue weighted by atomic mass is 10.2. The summed E-state index contributed by atoms with van der Waals surface area (Å²) in [6, 6.07) is 14.0. The molecule has 3 aromatic rings. The molecule has 20 heavy (non-hydrogen) atoms. The van der Waals surface area contributed by atoms with Crippen molar-refractivity contribution >= 4 is 22.8 Å². The minimum absolute atomic E-state index is 0.273. The molecule has 98 valence electrons. The Kier molecular flexibility index (Phi) is 3.40. The van der Waals surface area contributed by atoms with Gasteiger partial charge >= 0.3 is 0 Å². The number of nitriles is 1. The Morgan fingerprint density at radius 3 is 2.75 bits per heavy atom. The van der Waals surface area contributed by atoms with E-state index >= 15 is 0 Å². The Morgan fingerprint density at radius 1 is 1.20 bits per heavy atom. The number of H-pyrrole nitrogens is 1. The van der Waals surface area contributed by atoms with Gasteiger partial charge in [-0.2, -0.15) is 5.26 Å². The maximum atomic E-state index is 13.1. The first-order valence-electron chi connectivity index (χ1n) is 6.02. The lowest BCUT2D eigenvalue weighted by Gasteiger charge is -1.98. The zero-order chi connectivity index (χ0) is 13.9. The first-order chi connectivity index (χ1) is 9.74. The summed E-state index contributed by atoms with van der Waals surface area (Å²) < 4.78 is 13.1. The van der Waals surface area contributed by atoms with Crippen molar-refractivity contribution in [2.24, 2.45) is 0 Å². The highest BCUT2D eigenvalue weighted by molar-refractivity contribution is 7.98. The number of fused-ring (bicyclic) bond motifs is 1. The van der Waals surface area contributed by atoms with Crippen LogP contribution in [0.4, 0.5) is 4.39 Å². The molecule has 0 saturated carbocycles. The average Bonchev–Trinajstić information content (AvgIpc) is 2.87. The van der Waals surface area contributed by atoms with Gasteiger partial charge in [0, 0.05) is 5.75 Å². The van der Waals surface area contributed by atoms with Crippen LogP contribution < -0.4 is 0 Å². The van der Waals surface area contributed by atoms with Gasteiger partial charge in [-0.3, -0.25) is 0 Å². The number of nitrogens with zero attached hydrogens (tertiary/aromatic N) is 2. The second-order valence-electron chi connectivity index (χ2n) is 4.30. The van der Waals surface area contributed by atoms with E-state index in [1.165, 1.54) is 12.1 Å². The number of aromatic amines is 1. The molecule has 0 aliphatic carbocycles. The molecular formula is C15H10FN3S. The summed E-state index contributed by atoms with van der Waals surface area (Å²) in [5, 5.41) is 9.50. The van der Waals surface area contributed by atoms with E-state index in [0.29, 0.717) is 11.1 Å². The van der Waals surface area contributed by atoms with Crippen LogP contribution in [0.1, 0.15) is 11.1 Å². The fourth-order valence-corrected chi connectivity index (χ4v) is 2.69. The third-order valence-electron chi connectivity index (χ3n) is 2.88. The Labute approximate surface area is 119 Å². The van der Waals surface area contributed by atoms with E-state index in [1.807, 2.05) is 12.1 Å². The van der Waals surface area contributed by atoms with Gasteiger partial charge in [-0.15, -0.1) is 0 Å². The molecule has 0 spiro atoms. The Hall–Kier alpha value is -2.32. The predicted octanol–water partition coefficient (Wildman–Crippen LogP) is 3.87. The van der Waals surface area contributed by atoms with Gasteiger partial charge in [-0.05, 0) is 35.9 Å². The number of aromatic nitrogens is 2. The third kappa shape index (κ3) is 2.65. The molecule has 2 aromatic carbocycles. The van der Waals surface area contributed by atoms with Gasteiger partial charge in [-0.1, -0.05) is 23.9 Å². The first-order valence-corrected chi connectivity index (χ1v) is 7.00. The van der Waals surface area contributed by atoms with Crippen LogP contribution in [0, 0.1) is 17.1 Å². The number of benzene rings is 2. The van der Waals surface area contributed by atoms with Crippen LogP contribution in [-0.4, -0.2) is 9.97 Å². The molecular weight excluding hydrogens is 273 g/mol. The van der Waals surface area contributed by atoms with Crippen molar-refractivity contribution in [3.05, 3.63) is 59.4 Å². The largest absolute Gasteiger partial charge is 0.333 e. The van der Waals surface area contributed by atoms with Crippen LogP contribution in [0.15, 0.2) is 47.6 Å². The molecule has 1 aromatic heterocycles. The molecule has 1 heterocycles. The van der Waals surface area contributed by atoms with Crippen molar-refractivity contribution in [1.82, 2.24) is 9.97 Å². The number of imidazole rings is 1. The maximum absolute atomic E-state index is 13.1. The molecule has 1 N–H and O–H groups in total. The van der Waals surface area contributed by atoms with Crippen LogP contribution in [-0.2, 0) is 5.75 Å². The van der Waals surface area contributed by atoms with Crippen molar-refractivity contribution in [2.45, 2.75) is 10.9 Å². The fourth-order valence-electron chi connectivity index (χ4n) is 1.85. The maximum Gasteiger partial charge on any atom is 0.166 e. The molecule has 0 aliphatic heterocycles. The van der Waals surface area contributed by atoms with Crippen LogP contribution in [0.5, 0.6) is 0 Å². The summed E-state index contributed by atoms with van der Waals surface area (Å²) in [4.78, 5) is 7.48. The van der Waals surface area contributed by atoms with Crippen LogP contribution in [0.25, 0.3) is 11.0 Å². The highest BCUT2D eigenvalue weighted by Crippen LogP contribution is 2.23. The molecule has 3 nitrogen and oxygen atoms in total. The highest BCUT2D eigenvalue weighted by Gasteiger charge is 2.05. The summed E-state index contributed by atoms with van der Waals surface area (Å²) in [5.74, 6) is 0.471. The Bertz CT molecular complexity index is 787. The average molecular weight is 283 g/mol. The second kappa shape index (κ2) is 5.35. The molecule has 0 bridgehead atoms. The summed E-state index contributed by atoms with van der Waals surface area (Å²) >= 11 is 1.55. The van der Waals surface area contributed by atoms with Crippen molar-refractivity contribution in [2.75, 3.05) is 0 Å². The number of hydrogen-bond donors (Lipinski definition) is 1. The quantitative estimate of drug-likeness (QED) is 0.742. The van der Waals surface area contributed by atoms with Crippen molar-refractivity contribution in [3.63, 3.8) is 0 Å². The van der Waals surface area contributed by atoms with Gasteiger partial charge < -0.3 is 4.98 Å². The van der Waals surface area contributed by atoms with Gasteiger partial charge in [0.15, 0.2) is 5.16 Å². The molecule has 0 saturated heterocycles. The normalized spacial score (nSPS) is 10.6. The standard InChI is InChI=1S/C15H10FN3S/c16-12-5-6-13-14(7-12)19-15(18-13)20-9-11-3-1-10(8-17)2-4-11/h1-7H,9H2,(H,18,19). The van der Waals surface area contributed by atoms with Gasteiger partial charge in [0.1, 0.15) is 5.82 Å². The highest BCUT2D eigenvalue weighted by atomic mass is 32.2. The van der Waals surface area contributed by atoms with Gasteiger partial charge in [0.2, 0.25) is 0 Å². The van der Waals surface area contributed by atoms with Crippen LogP contribution in [0.3, 0.4) is 0 Å². The lowest BCUT2D eigenvalue weighted by Crippen LogP contribution is -1.82. The van der Waals surface area contributed by atoms with Crippen molar-refractivity contribution in [1.29, 1.82) is 5.26 Å². The minimum atomic E-state index is -0.273. The zero-order valence-corrected chi connectivity index (χ0v) is 11.2. The SMILES string of the molecule is N#Cc1ccc(CSc2nc3ccc(F)cc3[nH]2)cc1. The van der Waals surface area contributed by atoms with Crippen LogP contribution in [0.2, 0.25) is 0 Å². The summed E-state index contributed by atoms with van der Waals surface area (Å²) in [6.07, 6.45) is 0. The molecule has 0 aliphatic rings. The van der Waals surface area contributed by atoms with E-state index in [4.69, 9.17) is 5.26 Å². The zero-order valence-electron chi connectivity index (χ0n) is 10.4. The number of nitrogens with one attached hydrogen (secondary N) is 1. The first kappa shape index (κ1) is 12.7. The minimum Gasteiger partial charge on any atom is -0.333 e. The molecule has 0 amide bonds. The van der Waals surface area contributed by atoms with Gasteiger partial charge in [-0.25, -0.2) is 9.37 Å². The number of rotatable bonds is 3. The van der Waals surface area contributed by atoms with Crippen molar-refractivity contribution < 1.29 is 4.39 Å². The summed E-state index contributed by atoms with van der Waals surface area (Å²) in [7, 11) is 0. The van der Waals surface area contributed by atoms with E-state index in [2.05, 4.69) is 16.0 Å². The summed E-state index contributed by atoms with van der Waals surface area (Å²) in [6.45, 7) is 0. The van der Waals surface area contributed by atoms with E-state index in [-0.39, 0.29) is 5.82 Å². The number of halogens is 1. The molecule has 0 unspecified atom stereocenters. The van der Waals surface area contributed by atoms with E-state index in [0.717, 1.165) is 22.0 Å². The lowest BCUT2D eigenvalue weighted by molar-refractivity contribution is 0.629. The Morgan fingerprint density at radius 2 is 2.00 bits per heavy atom. The number of hydrogen-bond acceptors (Lipinski definition) is 3. The third-order valence-corrected chi connectivity index (χ3v) is 3.83. The van der Waals surface area contributed by atoms with E-state index in [9.17, 15) is 4.39 Å².